The Morgan fingerprint density at radius 3 is 2.78 bits per heavy atom. The van der Waals surface area contributed by atoms with Crippen LogP contribution in [0.4, 0.5) is 0 Å². The van der Waals surface area contributed by atoms with Crippen molar-refractivity contribution in [2.45, 2.75) is 24.1 Å². The molecule has 2 nitrogen and oxygen atoms in total. The van der Waals surface area contributed by atoms with Gasteiger partial charge in [0.05, 0.1) is 24.0 Å². The zero-order valence-corrected chi connectivity index (χ0v) is 12.0. The first-order chi connectivity index (χ1) is 8.58. The van der Waals surface area contributed by atoms with Gasteiger partial charge in [0.2, 0.25) is 0 Å². The maximum atomic E-state index is 5.71. The minimum Gasteiger partial charge on any atom is -0.492 e. The zero-order chi connectivity index (χ0) is 12.8. The van der Waals surface area contributed by atoms with Gasteiger partial charge in [-0.2, -0.15) is 0 Å². The molecule has 0 saturated heterocycles. The van der Waals surface area contributed by atoms with Gasteiger partial charge in [-0.15, -0.1) is 0 Å². The lowest BCUT2D eigenvalue weighted by Gasteiger charge is -2.17. The Labute approximate surface area is 115 Å². The van der Waals surface area contributed by atoms with Crippen LogP contribution < -0.4 is 4.74 Å². The smallest absolute Gasteiger partial charge is 0.123 e. The molecule has 0 bridgehead atoms. The summed E-state index contributed by atoms with van der Waals surface area (Å²) in [4.78, 5) is 0.165. The van der Waals surface area contributed by atoms with Crippen molar-refractivity contribution in [2.75, 3.05) is 6.61 Å². The van der Waals surface area contributed by atoms with Crippen molar-refractivity contribution >= 4 is 15.9 Å². The second-order valence-corrected chi connectivity index (χ2v) is 6.26. The van der Waals surface area contributed by atoms with Crippen LogP contribution in [-0.4, -0.2) is 6.61 Å². The first-order valence-electron chi connectivity index (χ1n) is 6.01. The van der Waals surface area contributed by atoms with Crippen LogP contribution in [0.2, 0.25) is 0 Å². The molecule has 0 aliphatic carbocycles. The van der Waals surface area contributed by atoms with Crippen LogP contribution in [0.5, 0.6) is 5.75 Å². The molecule has 1 unspecified atom stereocenters. The van der Waals surface area contributed by atoms with E-state index in [1.807, 2.05) is 6.07 Å². The van der Waals surface area contributed by atoms with Crippen LogP contribution in [-0.2, 0) is 5.41 Å². The maximum Gasteiger partial charge on any atom is 0.123 e. The van der Waals surface area contributed by atoms with Crippen LogP contribution in [0.15, 0.2) is 41.2 Å². The van der Waals surface area contributed by atoms with Gasteiger partial charge in [-0.1, -0.05) is 35.8 Å². The summed E-state index contributed by atoms with van der Waals surface area (Å²) in [7, 11) is 0. The Morgan fingerprint density at radius 1 is 1.22 bits per heavy atom. The molecule has 0 N–H and O–H groups in total. The Bertz CT molecular complexity index is 558. The fraction of sp³-hybridized carbons (Fsp3) is 0.333. The molecule has 94 valence electrons. The maximum absolute atomic E-state index is 5.71. The molecule has 2 aromatic rings. The van der Waals surface area contributed by atoms with E-state index < -0.39 is 0 Å². The minimum absolute atomic E-state index is 0.0917. The monoisotopic (exact) mass is 306 g/mol. The summed E-state index contributed by atoms with van der Waals surface area (Å²) in [5.74, 6) is 1.01. The lowest BCUT2D eigenvalue weighted by Crippen LogP contribution is -2.18. The van der Waals surface area contributed by atoms with E-state index in [2.05, 4.69) is 48.0 Å². The van der Waals surface area contributed by atoms with Crippen molar-refractivity contribution in [3.8, 4) is 5.75 Å². The van der Waals surface area contributed by atoms with Crippen LogP contribution in [0, 0.1) is 0 Å². The second-order valence-electron chi connectivity index (χ2n) is 5.35. The predicted molar refractivity (Wildman–Crippen MR) is 74.4 cm³/mol. The quantitative estimate of drug-likeness (QED) is 0.766. The first kappa shape index (κ1) is 11.8. The highest BCUT2D eigenvalue weighted by molar-refractivity contribution is 9.09. The molecule has 3 heteroatoms. The highest BCUT2D eigenvalue weighted by atomic mass is 79.9. The van der Waals surface area contributed by atoms with E-state index in [1.54, 1.807) is 12.5 Å². The van der Waals surface area contributed by atoms with Gasteiger partial charge in [-0.25, -0.2) is 0 Å². The third-order valence-electron chi connectivity index (χ3n) is 3.45. The topological polar surface area (TPSA) is 22.4 Å². The highest BCUT2D eigenvalue weighted by Gasteiger charge is 2.32. The van der Waals surface area contributed by atoms with E-state index in [0.717, 1.165) is 17.9 Å². The number of hydrogen-bond acceptors (Lipinski definition) is 2. The molecule has 1 aliphatic heterocycles. The largest absolute Gasteiger partial charge is 0.492 e. The number of furan rings is 1. The van der Waals surface area contributed by atoms with Crippen molar-refractivity contribution in [1.29, 1.82) is 0 Å². The molecule has 18 heavy (non-hydrogen) atoms. The third-order valence-corrected chi connectivity index (χ3v) is 4.51. The molecule has 1 aromatic heterocycles. The van der Waals surface area contributed by atoms with Crippen molar-refractivity contribution in [3.63, 3.8) is 0 Å². The molecule has 2 heterocycles. The predicted octanol–water partition coefficient (Wildman–Crippen LogP) is 4.43. The fourth-order valence-electron chi connectivity index (χ4n) is 2.31. The van der Waals surface area contributed by atoms with E-state index in [9.17, 15) is 0 Å². The number of fused-ring (bicyclic) bond motifs is 1. The third kappa shape index (κ3) is 1.87. The zero-order valence-electron chi connectivity index (χ0n) is 10.4. The van der Waals surface area contributed by atoms with Crippen LogP contribution >= 0.6 is 15.9 Å². The number of alkyl halides is 1. The summed E-state index contributed by atoms with van der Waals surface area (Å²) in [6.07, 6.45) is 3.47. The number of halogens is 1. The van der Waals surface area contributed by atoms with Gasteiger partial charge in [0.15, 0.2) is 0 Å². The van der Waals surface area contributed by atoms with Crippen molar-refractivity contribution in [2.24, 2.45) is 0 Å². The molecule has 0 saturated carbocycles. The van der Waals surface area contributed by atoms with Gasteiger partial charge in [-0.05, 0) is 23.8 Å². The Morgan fingerprint density at radius 2 is 2.06 bits per heavy atom. The number of ether oxygens (including phenoxy) is 1. The van der Waals surface area contributed by atoms with E-state index in [-0.39, 0.29) is 10.2 Å². The highest BCUT2D eigenvalue weighted by Crippen LogP contribution is 2.41. The SMILES string of the molecule is CC1(C)COc2ccc(C(Br)c3ccoc3)cc21. The van der Waals surface area contributed by atoms with Crippen LogP contribution in [0.3, 0.4) is 0 Å². The Balaban J connectivity index is 2.00. The Hall–Kier alpha value is -1.22. The van der Waals surface area contributed by atoms with E-state index in [1.165, 1.54) is 11.1 Å². The average molecular weight is 307 g/mol. The molecule has 1 aliphatic rings. The summed E-state index contributed by atoms with van der Waals surface area (Å²) in [5, 5.41) is 0. The van der Waals surface area contributed by atoms with E-state index in [0.29, 0.717) is 0 Å². The first-order valence-corrected chi connectivity index (χ1v) is 6.93. The van der Waals surface area contributed by atoms with Crippen LogP contribution in [0.1, 0.15) is 35.4 Å². The Kier molecular flexibility index (Phi) is 2.74. The van der Waals surface area contributed by atoms with Crippen molar-refractivity contribution in [3.05, 3.63) is 53.5 Å². The summed E-state index contributed by atoms with van der Waals surface area (Å²) in [6.45, 7) is 5.18. The number of hydrogen-bond donors (Lipinski definition) is 0. The van der Waals surface area contributed by atoms with Crippen LogP contribution in [0.25, 0.3) is 0 Å². The summed E-state index contributed by atoms with van der Waals surface area (Å²) in [5.41, 5.74) is 3.74. The molecule has 0 fully saturated rings. The molecule has 0 radical (unpaired) electrons. The van der Waals surface area contributed by atoms with E-state index >= 15 is 0 Å². The second kappa shape index (κ2) is 4.16. The fourth-order valence-corrected chi connectivity index (χ4v) is 2.85. The summed E-state index contributed by atoms with van der Waals surface area (Å²) in [6, 6.07) is 8.38. The summed E-state index contributed by atoms with van der Waals surface area (Å²) >= 11 is 3.72. The molecule has 0 spiro atoms. The van der Waals surface area contributed by atoms with Crippen molar-refractivity contribution < 1.29 is 9.15 Å². The van der Waals surface area contributed by atoms with Gasteiger partial charge in [0.25, 0.3) is 0 Å². The standard InChI is InChI=1S/C15H15BrO2/c1-15(2)9-18-13-4-3-10(7-12(13)15)14(16)11-5-6-17-8-11/h3-8,14H,9H2,1-2H3. The number of benzene rings is 1. The van der Waals surface area contributed by atoms with Gasteiger partial charge >= 0.3 is 0 Å². The molecule has 0 amide bonds. The molecular weight excluding hydrogens is 292 g/mol. The number of rotatable bonds is 2. The van der Waals surface area contributed by atoms with Gasteiger partial charge in [-0.3, -0.25) is 0 Å². The van der Waals surface area contributed by atoms with Gasteiger partial charge in [0.1, 0.15) is 5.75 Å². The van der Waals surface area contributed by atoms with Gasteiger partial charge in [0, 0.05) is 16.5 Å². The molecule has 1 atom stereocenters. The lowest BCUT2D eigenvalue weighted by molar-refractivity contribution is 0.291. The van der Waals surface area contributed by atoms with Crippen molar-refractivity contribution in [1.82, 2.24) is 0 Å². The molecule has 3 rings (SSSR count). The summed E-state index contributed by atoms with van der Waals surface area (Å²) < 4.78 is 10.8. The minimum atomic E-state index is 0.0917. The normalized spacial score (nSPS) is 18.2. The van der Waals surface area contributed by atoms with E-state index in [4.69, 9.17) is 9.15 Å². The van der Waals surface area contributed by atoms with Gasteiger partial charge < -0.3 is 9.15 Å². The molecule has 1 aromatic carbocycles. The average Bonchev–Trinajstić information content (AvgIpc) is 2.97. The lowest BCUT2D eigenvalue weighted by atomic mass is 9.85. The molecular formula is C15H15BrO2.